The molecule has 6 heteroatoms. The summed E-state index contributed by atoms with van der Waals surface area (Å²) in [5.41, 5.74) is 0.191. The Labute approximate surface area is 121 Å². The largest absolute Gasteiger partial charge is 0.395 e. The molecular formula is C14H19F2NO2S. The van der Waals surface area contributed by atoms with Crippen LogP contribution in [0.1, 0.15) is 18.9 Å². The smallest absolute Gasteiger partial charge is 0.220 e. The number of benzene rings is 1. The first-order valence-corrected chi connectivity index (χ1v) is 7.63. The molecule has 2 atom stereocenters. The van der Waals surface area contributed by atoms with Gasteiger partial charge in [-0.25, -0.2) is 8.78 Å². The van der Waals surface area contributed by atoms with E-state index in [9.17, 15) is 13.6 Å². The third-order valence-corrected chi connectivity index (χ3v) is 4.22. The highest BCUT2D eigenvalue weighted by atomic mass is 32.2. The number of halogens is 2. The van der Waals surface area contributed by atoms with Crippen LogP contribution in [0.15, 0.2) is 18.2 Å². The van der Waals surface area contributed by atoms with Crippen molar-refractivity contribution in [2.45, 2.75) is 31.1 Å². The number of rotatable bonds is 7. The zero-order chi connectivity index (χ0) is 15.1. The van der Waals surface area contributed by atoms with E-state index in [0.29, 0.717) is 0 Å². The van der Waals surface area contributed by atoms with E-state index in [1.54, 1.807) is 6.92 Å². The highest BCUT2D eigenvalue weighted by Crippen LogP contribution is 2.13. The lowest BCUT2D eigenvalue weighted by molar-refractivity contribution is -0.121. The molecule has 0 aliphatic carbocycles. The molecule has 0 fully saturated rings. The Hall–Kier alpha value is -1.14. The molecule has 0 radical (unpaired) electrons. The maximum Gasteiger partial charge on any atom is 0.220 e. The van der Waals surface area contributed by atoms with Crippen molar-refractivity contribution < 1.29 is 18.7 Å². The number of carbonyl (C=O) groups is 1. The van der Waals surface area contributed by atoms with Crippen molar-refractivity contribution in [2.75, 3.05) is 12.9 Å². The zero-order valence-electron chi connectivity index (χ0n) is 11.5. The third-order valence-electron chi connectivity index (χ3n) is 3.06. The van der Waals surface area contributed by atoms with Crippen molar-refractivity contribution in [1.29, 1.82) is 0 Å². The van der Waals surface area contributed by atoms with Gasteiger partial charge in [-0.05, 0) is 43.4 Å². The predicted octanol–water partition coefficient (Wildman–Crippen LogP) is 2.13. The maximum atomic E-state index is 13.4. The van der Waals surface area contributed by atoms with Crippen LogP contribution < -0.4 is 5.32 Å². The maximum absolute atomic E-state index is 13.4. The molecule has 0 heterocycles. The molecule has 1 aromatic rings. The van der Waals surface area contributed by atoms with Crippen LogP contribution in [0.5, 0.6) is 0 Å². The van der Waals surface area contributed by atoms with Crippen molar-refractivity contribution in [2.24, 2.45) is 0 Å². The van der Waals surface area contributed by atoms with Gasteiger partial charge in [-0.2, -0.15) is 11.8 Å². The van der Waals surface area contributed by atoms with E-state index < -0.39 is 11.6 Å². The molecule has 1 rings (SSSR count). The number of aliphatic hydroxyl groups excluding tert-OH is 1. The van der Waals surface area contributed by atoms with Gasteiger partial charge >= 0.3 is 0 Å². The van der Waals surface area contributed by atoms with Gasteiger partial charge < -0.3 is 10.4 Å². The van der Waals surface area contributed by atoms with Crippen LogP contribution in [-0.2, 0) is 11.2 Å². The van der Waals surface area contributed by atoms with Gasteiger partial charge in [-0.3, -0.25) is 4.79 Å². The van der Waals surface area contributed by atoms with Gasteiger partial charge in [0.15, 0.2) is 0 Å². The van der Waals surface area contributed by atoms with Crippen molar-refractivity contribution in [3.8, 4) is 0 Å². The first-order valence-electron chi connectivity index (χ1n) is 6.35. The summed E-state index contributed by atoms with van der Waals surface area (Å²) in [6, 6.07) is 3.02. The number of carbonyl (C=O) groups excluding carboxylic acids is 1. The first kappa shape index (κ1) is 16.9. The zero-order valence-corrected chi connectivity index (χ0v) is 12.3. The third kappa shape index (κ3) is 5.09. The van der Waals surface area contributed by atoms with Gasteiger partial charge in [0, 0.05) is 17.7 Å². The number of hydrogen-bond acceptors (Lipinski definition) is 3. The molecule has 0 spiro atoms. The molecule has 0 aliphatic rings. The molecule has 0 aliphatic heterocycles. The van der Waals surface area contributed by atoms with Crippen LogP contribution in [0.25, 0.3) is 0 Å². The fourth-order valence-corrected chi connectivity index (χ4v) is 2.46. The summed E-state index contributed by atoms with van der Waals surface area (Å²) in [4.78, 5) is 11.7. The molecule has 2 unspecified atom stereocenters. The topological polar surface area (TPSA) is 49.3 Å². The second-order valence-electron chi connectivity index (χ2n) is 4.55. The molecule has 0 saturated carbocycles. The Morgan fingerprint density at radius 1 is 1.45 bits per heavy atom. The first-order chi connectivity index (χ1) is 9.47. The van der Waals surface area contributed by atoms with Crippen LogP contribution in [0.3, 0.4) is 0 Å². The van der Waals surface area contributed by atoms with Crippen molar-refractivity contribution in [1.82, 2.24) is 5.32 Å². The fraction of sp³-hybridized carbons (Fsp3) is 0.500. The summed E-state index contributed by atoms with van der Waals surface area (Å²) in [5.74, 6) is -1.27. The standard InChI is InChI=1S/C14H19F2NO2S/c1-9(13(8-18)20-2)17-14(19)6-3-10-7-11(15)4-5-12(10)16/h4-5,7,9,13,18H,3,6,8H2,1-2H3,(H,17,19). The lowest BCUT2D eigenvalue weighted by Gasteiger charge is -2.21. The minimum atomic E-state index is -0.516. The average Bonchev–Trinajstić information content (AvgIpc) is 2.41. The molecule has 1 aromatic carbocycles. The van der Waals surface area contributed by atoms with E-state index in [1.807, 2.05) is 6.26 Å². The SMILES string of the molecule is CSC(CO)C(C)NC(=O)CCc1cc(F)ccc1F. The lowest BCUT2D eigenvalue weighted by Crippen LogP contribution is -2.41. The van der Waals surface area contributed by atoms with Gasteiger partial charge in [0.2, 0.25) is 5.91 Å². The minimum absolute atomic E-state index is 0.0266. The molecule has 3 nitrogen and oxygen atoms in total. The molecule has 0 aromatic heterocycles. The summed E-state index contributed by atoms with van der Waals surface area (Å²) in [6.45, 7) is 1.78. The normalized spacial score (nSPS) is 13.8. The van der Waals surface area contributed by atoms with Gasteiger partial charge in [0.1, 0.15) is 11.6 Å². The van der Waals surface area contributed by atoms with E-state index in [4.69, 9.17) is 5.11 Å². The van der Waals surface area contributed by atoms with Crippen molar-refractivity contribution >= 4 is 17.7 Å². The van der Waals surface area contributed by atoms with E-state index in [0.717, 1.165) is 18.2 Å². The van der Waals surface area contributed by atoms with Crippen LogP contribution in [0, 0.1) is 11.6 Å². The number of aliphatic hydroxyl groups is 1. The summed E-state index contributed by atoms with van der Waals surface area (Å²) >= 11 is 1.46. The molecule has 20 heavy (non-hydrogen) atoms. The fourth-order valence-electron chi connectivity index (χ4n) is 1.84. The van der Waals surface area contributed by atoms with Crippen molar-refractivity contribution in [3.63, 3.8) is 0 Å². The van der Waals surface area contributed by atoms with Gasteiger partial charge in [0.25, 0.3) is 0 Å². The second kappa shape index (κ2) is 8.21. The quantitative estimate of drug-likeness (QED) is 0.811. The van der Waals surface area contributed by atoms with E-state index in [2.05, 4.69) is 5.32 Å². The highest BCUT2D eigenvalue weighted by molar-refractivity contribution is 7.99. The van der Waals surface area contributed by atoms with Gasteiger partial charge in [-0.15, -0.1) is 0 Å². The Bertz CT molecular complexity index is 453. The molecule has 0 saturated heterocycles. The molecule has 2 N–H and O–H groups in total. The monoisotopic (exact) mass is 303 g/mol. The van der Waals surface area contributed by atoms with E-state index in [-0.39, 0.29) is 42.2 Å². The molecule has 1 amide bonds. The summed E-state index contributed by atoms with van der Waals surface area (Å²) in [5, 5.41) is 11.8. The lowest BCUT2D eigenvalue weighted by atomic mass is 10.1. The van der Waals surface area contributed by atoms with Crippen molar-refractivity contribution in [3.05, 3.63) is 35.4 Å². The van der Waals surface area contributed by atoms with Crippen LogP contribution in [-0.4, -0.2) is 35.2 Å². The second-order valence-corrected chi connectivity index (χ2v) is 5.63. The van der Waals surface area contributed by atoms with Crippen LogP contribution in [0.2, 0.25) is 0 Å². The average molecular weight is 303 g/mol. The summed E-state index contributed by atoms with van der Waals surface area (Å²) in [6.07, 6.45) is 2.08. The molecule has 0 bridgehead atoms. The van der Waals surface area contributed by atoms with E-state index in [1.165, 1.54) is 11.8 Å². The number of amides is 1. The van der Waals surface area contributed by atoms with Gasteiger partial charge in [-0.1, -0.05) is 0 Å². The number of hydrogen-bond donors (Lipinski definition) is 2. The predicted molar refractivity (Wildman–Crippen MR) is 76.7 cm³/mol. The number of thioether (sulfide) groups is 1. The number of nitrogens with one attached hydrogen (secondary N) is 1. The summed E-state index contributed by atoms with van der Waals surface area (Å²) < 4.78 is 26.4. The number of aryl methyl sites for hydroxylation is 1. The Kier molecular flexibility index (Phi) is 6.95. The molecule has 112 valence electrons. The van der Waals surface area contributed by atoms with Crippen LogP contribution >= 0.6 is 11.8 Å². The van der Waals surface area contributed by atoms with E-state index >= 15 is 0 Å². The Morgan fingerprint density at radius 3 is 2.75 bits per heavy atom. The molecular weight excluding hydrogens is 284 g/mol. The Morgan fingerprint density at radius 2 is 2.15 bits per heavy atom. The van der Waals surface area contributed by atoms with Crippen LogP contribution in [0.4, 0.5) is 8.78 Å². The Balaban J connectivity index is 2.49. The minimum Gasteiger partial charge on any atom is -0.395 e. The van der Waals surface area contributed by atoms with Gasteiger partial charge in [0.05, 0.1) is 6.61 Å². The summed E-state index contributed by atoms with van der Waals surface area (Å²) in [7, 11) is 0. The highest BCUT2D eigenvalue weighted by Gasteiger charge is 2.17.